The molecule has 0 aromatic carbocycles. The number of hydrogen-bond donors (Lipinski definition) is 3. The summed E-state index contributed by atoms with van der Waals surface area (Å²) >= 11 is 0. The standard InChI is InChI=1S/C75H131N2O6P/c1-6-8-10-12-14-16-18-20-22-24-26-28-29-30-31-32-33-34-35-36-37-38-39-40-41-42-43-44-45-46-47-49-51-53-55-57-59-61-63-65-67-69-75(79)76-73(72-83-84(80,81)82-71-70-77(3,4)5)74(78)68-66-64-62-60-58-56-54-52-50-48-27-25-23-21-19-17-15-13-11-9-7-2/h8,10,14,16,20,22,26,28,30-31,33-34,36-37,39-40,42-43,45-46,66,68,73-74,78H,6-7,9,11-13,15,17-19,21,23-25,27,29,32,35,38,41,44,47-65,67,69-72H2,1-5H3,(H-,76,79,80,81)/p+1/b10-8-,16-14-,22-20-,28-26-,31-30-,34-33-,37-36-,40-39-,43-42-,46-45-,68-66+. The minimum Gasteiger partial charge on any atom is -0.387 e. The van der Waals surface area contributed by atoms with E-state index < -0.39 is 20.0 Å². The second kappa shape index (κ2) is 64.1. The number of unbranched alkanes of at least 4 members (excludes halogenated alkanes) is 29. The van der Waals surface area contributed by atoms with E-state index in [0.29, 0.717) is 17.4 Å². The lowest BCUT2D eigenvalue weighted by Crippen LogP contribution is -2.45. The Kier molecular flexibility index (Phi) is 61.6. The zero-order valence-electron chi connectivity index (χ0n) is 55.1. The van der Waals surface area contributed by atoms with Crippen LogP contribution in [0.25, 0.3) is 0 Å². The summed E-state index contributed by atoms with van der Waals surface area (Å²) < 4.78 is 23.8. The quantitative estimate of drug-likeness (QED) is 0.0243. The molecular formula is C75H132N2O6P+. The maximum Gasteiger partial charge on any atom is 0.472 e. The number of likely N-dealkylation sites (N-methyl/N-ethyl adjacent to an activating group) is 1. The van der Waals surface area contributed by atoms with Crippen molar-refractivity contribution in [3.63, 3.8) is 0 Å². The average Bonchev–Trinajstić information content (AvgIpc) is 3.56. The smallest absolute Gasteiger partial charge is 0.387 e. The second-order valence-corrected chi connectivity index (χ2v) is 25.6. The molecule has 482 valence electrons. The molecule has 3 unspecified atom stereocenters. The SMILES string of the molecule is CC/C=C\C/C=C\C/C=C\C/C=C\C/C=C\C/C=C\C/C=C\C/C=C\C/C=C\C/C=C\CCCCCCCCCCCCC(=O)NC(COP(=O)(O)OCC[N+](C)(C)C)C(O)/C=C/CCCCCCCCCCCCCCCCCCCCC. The van der Waals surface area contributed by atoms with E-state index in [0.717, 1.165) is 109 Å². The van der Waals surface area contributed by atoms with Crippen LogP contribution < -0.4 is 5.32 Å². The molecule has 0 aromatic rings. The number of quaternary nitrogens is 1. The van der Waals surface area contributed by atoms with E-state index in [-0.39, 0.29) is 19.1 Å². The van der Waals surface area contributed by atoms with Crippen molar-refractivity contribution >= 4 is 13.7 Å². The van der Waals surface area contributed by atoms with Gasteiger partial charge in [-0.25, -0.2) is 4.57 Å². The Balaban J connectivity index is 4.11. The topological polar surface area (TPSA) is 105 Å². The molecule has 1 amide bonds. The van der Waals surface area contributed by atoms with E-state index in [4.69, 9.17) is 9.05 Å². The van der Waals surface area contributed by atoms with Crippen LogP contribution in [0.4, 0.5) is 0 Å². The van der Waals surface area contributed by atoms with Crippen LogP contribution in [0.5, 0.6) is 0 Å². The number of amides is 1. The maximum atomic E-state index is 13.0. The zero-order valence-corrected chi connectivity index (χ0v) is 56.0. The van der Waals surface area contributed by atoms with Crippen LogP contribution in [0.1, 0.15) is 284 Å². The zero-order chi connectivity index (χ0) is 61.2. The van der Waals surface area contributed by atoms with Crippen molar-refractivity contribution in [1.82, 2.24) is 5.32 Å². The van der Waals surface area contributed by atoms with E-state index in [9.17, 15) is 19.4 Å². The first-order chi connectivity index (χ1) is 41.0. The average molecular weight is 1190 g/mol. The predicted molar refractivity (Wildman–Crippen MR) is 368 cm³/mol. The van der Waals surface area contributed by atoms with Gasteiger partial charge >= 0.3 is 7.82 Å². The van der Waals surface area contributed by atoms with Crippen molar-refractivity contribution in [3.8, 4) is 0 Å². The highest BCUT2D eigenvalue weighted by Gasteiger charge is 2.28. The van der Waals surface area contributed by atoms with Crippen molar-refractivity contribution < 1.29 is 32.9 Å². The minimum atomic E-state index is -4.36. The van der Waals surface area contributed by atoms with Crippen molar-refractivity contribution in [2.24, 2.45) is 0 Å². The van der Waals surface area contributed by atoms with E-state index >= 15 is 0 Å². The van der Waals surface area contributed by atoms with Crippen LogP contribution in [0.3, 0.4) is 0 Å². The van der Waals surface area contributed by atoms with Gasteiger partial charge in [-0.3, -0.25) is 13.8 Å². The van der Waals surface area contributed by atoms with Gasteiger partial charge < -0.3 is 19.8 Å². The summed E-state index contributed by atoms with van der Waals surface area (Å²) in [6, 6.07) is -0.858. The lowest BCUT2D eigenvalue weighted by atomic mass is 10.0. The van der Waals surface area contributed by atoms with Gasteiger partial charge in [0.15, 0.2) is 0 Å². The van der Waals surface area contributed by atoms with Gasteiger partial charge in [0.2, 0.25) is 5.91 Å². The van der Waals surface area contributed by atoms with Gasteiger partial charge in [-0.1, -0.05) is 314 Å². The lowest BCUT2D eigenvalue weighted by molar-refractivity contribution is -0.870. The highest BCUT2D eigenvalue weighted by atomic mass is 31.2. The summed E-state index contributed by atoms with van der Waals surface area (Å²) in [6.45, 7) is 4.71. The Morgan fingerprint density at radius 2 is 0.714 bits per heavy atom. The van der Waals surface area contributed by atoms with E-state index in [1.807, 2.05) is 27.2 Å². The van der Waals surface area contributed by atoms with Crippen LogP contribution in [-0.2, 0) is 18.4 Å². The van der Waals surface area contributed by atoms with Gasteiger partial charge in [-0.05, 0) is 96.3 Å². The third-order valence-corrected chi connectivity index (χ3v) is 15.9. The van der Waals surface area contributed by atoms with Crippen LogP contribution in [0.15, 0.2) is 134 Å². The first kappa shape index (κ1) is 80.6. The van der Waals surface area contributed by atoms with Crippen LogP contribution in [-0.4, -0.2) is 73.4 Å². The molecule has 3 atom stereocenters. The molecule has 0 fully saturated rings. The van der Waals surface area contributed by atoms with Crippen LogP contribution >= 0.6 is 7.82 Å². The fourth-order valence-corrected chi connectivity index (χ4v) is 10.3. The number of aliphatic hydroxyl groups is 1. The number of phosphoric acid groups is 1. The Labute approximate surface area is 519 Å². The molecule has 0 aliphatic carbocycles. The fraction of sp³-hybridized carbons (Fsp3) is 0.693. The lowest BCUT2D eigenvalue weighted by Gasteiger charge is -2.25. The summed E-state index contributed by atoms with van der Waals surface area (Å²) in [6.07, 6.45) is 97.2. The first-order valence-electron chi connectivity index (χ1n) is 34.6. The van der Waals surface area contributed by atoms with Gasteiger partial charge in [0, 0.05) is 6.42 Å². The molecular weight excluding hydrogens is 1060 g/mol. The number of rotatable bonds is 62. The number of hydrogen-bond acceptors (Lipinski definition) is 5. The van der Waals surface area contributed by atoms with Crippen molar-refractivity contribution in [1.29, 1.82) is 0 Å². The highest BCUT2D eigenvalue weighted by molar-refractivity contribution is 7.47. The molecule has 0 aliphatic rings. The molecule has 0 aliphatic heterocycles. The number of carbonyl (C=O) groups is 1. The first-order valence-corrected chi connectivity index (χ1v) is 36.1. The van der Waals surface area contributed by atoms with Gasteiger partial charge in [-0.2, -0.15) is 0 Å². The largest absolute Gasteiger partial charge is 0.472 e. The molecule has 84 heavy (non-hydrogen) atoms. The minimum absolute atomic E-state index is 0.0555. The van der Waals surface area contributed by atoms with Gasteiger partial charge in [0.05, 0.1) is 39.9 Å². The second-order valence-electron chi connectivity index (χ2n) is 24.2. The number of nitrogens with one attached hydrogen (secondary N) is 1. The monoisotopic (exact) mass is 1190 g/mol. The number of phosphoric ester groups is 1. The van der Waals surface area contributed by atoms with Crippen molar-refractivity contribution in [3.05, 3.63) is 134 Å². The van der Waals surface area contributed by atoms with E-state index in [1.54, 1.807) is 6.08 Å². The van der Waals surface area contributed by atoms with Crippen molar-refractivity contribution in [2.75, 3.05) is 40.9 Å². The molecule has 0 aromatic heterocycles. The third-order valence-electron chi connectivity index (χ3n) is 14.9. The van der Waals surface area contributed by atoms with Crippen LogP contribution in [0, 0.1) is 0 Å². The van der Waals surface area contributed by atoms with E-state index in [2.05, 4.69) is 141 Å². The molecule has 9 heteroatoms. The highest BCUT2D eigenvalue weighted by Crippen LogP contribution is 2.43. The van der Waals surface area contributed by atoms with Gasteiger partial charge in [-0.15, -0.1) is 0 Å². The molecule has 0 heterocycles. The number of nitrogens with zero attached hydrogens (tertiary/aromatic N) is 1. The Morgan fingerprint density at radius 1 is 0.417 bits per heavy atom. The summed E-state index contributed by atoms with van der Waals surface area (Å²) in [5, 5.41) is 14.0. The normalized spacial score (nSPS) is 14.5. The molecule has 0 saturated carbocycles. The van der Waals surface area contributed by atoms with Crippen LogP contribution in [0.2, 0.25) is 0 Å². The molecule has 0 saturated heterocycles. The molecule has 3 N–H and O–H groups in total. The molecule has 0 spiro atoms. The summed E-state index contributed by atoms with van der Waals surface area (Å²) in [5.74, 6) is -0.184. The van der Waals surface area contributed by atoms with Gasteiger partial charge in [0.1, 0.15) is 13.2 Å². The molecule has 8 nitrogen and oxygen atoms in total. The van der Waals surface area contributed by atoms with E-state index in [1.165, 1.54) is 154 Å². The number of carbonyl (C=O) groups excluding carboxylic acids is 1. The van der Waals surface area contributed by atoms with Crippen molar-refractivity contribution in [2.45, 2.75) is 296 Å². The number of allylic oxidation sites excluding steroid dienone is 21. The van der Waals surface area contributed by atoms with Gasteiger partial charge in [0.25, 0.3) is 0 Å². The molecule has 0 bridgehead atoms. The third kappa shape index (κ3) is 66.2. The predicted octanol–water partition coefficient (Wildman–Crippen LogP) is 22.2. The fourth-order valence-electron chi connectivity index (χ4n) is 9.54. The molecule has 0 radical (unpaired) electrons. The Bertz CT molecular complexity index is 1830. The number of aliphatic hydroxyl groups excluding tert-OH is 1. The Morgan fingerprint density at radius 3 is 1.05 bits per heavy atom. The summed E-state index contributed by atoms with van der Waals surface area (Å²) in [4.78, 5) is 23.4. The molecule has 0 rings (SSSR count). The maximum absolute atomic E-state index is 13.0. The summed E-state index contributed by atoms with van der Waals surface area (Å²) in [7, 11) is 1.56. The Hall–Kier alpha value is -3.36. The summed E-state index contributed by atoms with van der Waals surface area (Å²) in [5.41, 5.74) is 0.